The van der Waals surface area contributed by atoms with Crippen LogP contribution in [0.5, 0.6) is 0 Å². The number of aliphatic imine (C=N–C) groups is 1. The van der Waals surface area contributed by atoms with Crippen molar-refractivity contribution in [2.45, 2.75) is 25.9 Å². The molecule has 1 aromatic carbocycles. The summed E-state index contributed by atoms with van der Waals surface area (Å²) in [6.07, 6.45) is 7.10. The molecular weight excluding hydrogens is 465 g/mol. The zero-order valence-electron chi connectivity index (χ0n) is 16.5. The second-order valence-corrected chi connectivity index (χ2v) is 6.66. The van der Waals surface area contributed by atoms with E-state index < -0.39 is 0 Å². The lowest BCUT2D eigenvalue weighted by Gasteiger charge is -2.31. The number of benzene rings is 1. The molecule has 152 valence electrons. The summed E-state index contributed by atoms with van der Waals surface area (Å²) in [6.45, 7) is 4.10. The molecule has 1 fully saturated rings. The largest absolute Gasteiger partial charge is 0.467 e. The molecular formula is C22H30IN3O2. The number of piperidine rings is 1. The third-order valence-electron chi connectivity index (χ3n) is 4.66. The topological polar surface area (TPSA) is 50.0 Å². The standard InChI is InChI=1S/C22H29N3O2.HI/c1-23-22(24-12-6-15-26-18-21-9-5-16-27-21)25-13-10-20(11-14-25)17-19-7-3-2-4-8-19;/h2-5,7-9,16-17H,6,10-15,18H2,1H3,(H,23,24);1H. The van der Waals surface area contributed by atoms with Gasteiger partial charge in [-0.2, -0.15) is 0 Å². The van der Waals surface area contributed by atoms with Crippen molar-refractivity contribution in [3.05, 3.63) is 65.6 Å². The first kappa shape index (κ1) is 22.5. The van der Waals surface area contributed by atoms with Crippen LogP contribution in [0, 0.1) is 0 Å². The second-order valence-electron chi connectivity index (χ2n) is 6.66. The zero-order valence-corrected chi connectivity index (χ0v) is 18.8. The van der Waals surface area contributed by atoms with Gasteiger partial charge >= 0.3 is 0 Å². The highest BCUT2D eigenvalue weighted by molar-refractivity contribution is 14.0. The number of rotatable bonds is 7. The number of ether oxygens (including phenoxy) is 1. The van der Waals surface area contributed by atoms with Crippen LogP contribution in [0.2, 0.25) is 0 Å². The molecule has 2 aromatic rings. The molecule has 1 N–H and O–H groups in total. The fraction of sp³-hybridized carbons (Fsp3) is 0.409. The monoisotopic (exact) mass is 495 g/mol. The van der Waals surface area contributed by atoms with Crippen LogP contribution in [0.4, 0.5) is 0 Å². The van der Waals surface area contributed by atoms with Crippen LogP contribution in [-0.2, 0) is 11.3 Å². The Balaban J connectivity index is 0.00000280. The van der Waals surface area contributed by atoms with Crippen molar-refractivity contribution in [2.24, 2.45) is 4.99 Å². The van der Waals surface area contributed by atoms with Gasteiger partial charge in [-0.3, -0.25) is 4.99 Å². The molecule has 6 heteroatoms. The van der Waals surface area contributed by atoms with Crippen molar-refractivity contribution in [3.8, 4) is 0 Å². The van der Waals surface area contributed by atoms with Gasteiger partial charge in [0.1, 0.15) is 12.4 Å². The van der Waals surface area contributed by atoms with E-state index >= 15 is 0 Å². The van der Waals surface area contributed by atoms with Gasteiger partial charge in [-0.1, -0.05) is 42.0 Å². The fourth-order valence-electron chi connectivity index (χ4n) is 3.21. The highest BCUT2D eigenvalue weighted by atomic mass is 127. The lowest BCUT2D eigenvalue weighted by atomic mass is 10.0. The Morgan fingerprint density at radius 2 is 1.96 bits per heavy atom. The molecule has 28 heavy (non-hydrogen) atoms. The van der Waals surface area contributed by atoms with Crippen LogP contribution in [-0.4, -0.2) is 44.1 Å². The SMILES string of the molecule is CN=C(NCCCOCc1ccco1)N1CCC(=Cc2ccccc2)CC1.I. The number of furan rings is 1. The van der Waals surface area contributed by atoms with Crippen molar-refractivity contribution >= 4 is 36.0 Å². The predicted octanol–water partition coefficient (Wildman–Crippen LogP) is 4.56. The normalized spacial score (nSPS) is 14.5. The maximum absolute atomic E-state index is 5.61. The van der Waals surface area contributed by atoms with Crippen molar-refractivity contribution in [2.75, 3.05) is 33.3 Å². The van der Waals surface area contributed by atoms with Crippen LogP contribution in [0.15, 0.2) is 63.7 Å². The van der Waals surface area contributed by atoms with E-state index in [9.17, 15) is 0 Å². The van der Waals surface area contributed by atoms with Crippen LogP contribution in [0.25, 0.3) is 6.08 Å². The van der Waals surface area contributed by atoms with Gasteiger partial charge in [-0.05, 0) is 37.0 Å². The molecule has 0 bridgehead atoms. The third kappa shape index (κ3) is 7.31. The van der Waals surface area contributed by atoms with Crippen LogP contribution < -0.4 is 5.32 Å². The number of nitrogens with one attached hydrogen (secondary N) is 1. The lowest BCUT2D eigenvalue weighted by Crippen LogP contribution is -2.44. The zero-order chi connectivity index (χ0) is 18.7. The van der Waals surface area contributed by atoms with Gasteiger partial charge < -0.3 is 19.4 Å². The molecule has 3 rings (SSSR count). The Hall–Kier alpha value is -1.80. The molecule has 1 aromatic heterocycles. The summed E-state index contributed by atoms with van der Waals surface area (Å²) in [7, 11) is 1.85. The van der Waals surface area contributed by atoms with Crippen molar-refractivity contribution in [3.63, 3.8) is 0 Å². The quantitative estimate of drug-likeness (QED) is 0.265. The van der Waals surface area contributed by atoms with E-state index in [2.05, 4.69) is 51.6 Å². The van der Waals surface area contributed by atoms with E-state index in [1.165, 1.54) is 11.1 Å². The van der Waals surface area contributed by atoms with Crippen molar-refractivity contribution in [1.29, 1.82) is 0 Å². The van der Waals surface area contributed by atoms with Crippen LogP contribution in [0.3, 0.4) is 0 Å². The fourth-order valence-corrected chi connectivity index (χ4v) is 3.21. The summed E-state index contributed by atoms with van der Waals surface area (Å²) < 4.78 is 10.9. The molecule has 0 saturated carbocycles. The first-order valence-corrected chi connectivity index (χ1v) is 9.65. The van der Waals surface area contributed by atoms with E-state index in [4.69, 9.17) is 9.15 Å². The highest BCUT2D eigenvalue weighted by Gasteiger charge is 2.16. The van der Waals surface area contributed by atoms with E-state index in [1.54, 1.807) is 6.26 Å². The van der Waals surface area contributed by atoms with Gasteiger partial charge in [0.05, 0.1) is 6.26 Å². The summed E-state index contributed by atoms with van der Waals surface area (Å²) in [6, 6.07) is 14.4. The average Bonchev–Trinajstić information content (AvgIpc) is 3.23. The Bertz CT molecular complexity index is 720. The average molecular weight is 495 g/mol. The Morgan fingerprint density at radius 3 is 2.64 bits per heavy atom. The molecule has 2 heterocycles. The Kier molecular flexibility index (Phi) is 10.1. The molecule has 0 spiro atoms. The lowest BCUT2D eigenvalue weighted by molar-refractivity contribution is 0.104. The molecule has 0 aliphatic carbocycles. The van der Waals surface area contributed by atoms with E-state index in [-0.39, 0.29) is 24.0 Å². The highest BCUT2D eigenvalue weighted by Crippen LogP contribution is 2.19. The summed E-state index contributed by atoms with van der Waals surface area (Å²) in [5.41, 5.74) is 2.80. The Labute approximate surface area is 184 Å². The molecule has 1 aliphatic heterocycles. The molecule has 5 nitrogen and oxygen atoms in total. The van der Waals surface area contributed by atoms with Gasteiger partial charge in [-0.25, -0.2) is 0 Å². The number of hydrogen-bond acceptors (Lipinski definition) is 3. The molecule has 0 unspecified atom stereocenters. The van der Waals surface area contributed by atoms with Gasteiger partial charge in [-0.15, -0.1) is 24.0 Å². The van der Waals surface area contributed by atoms with Crippen molar-refractivity contribution < 1.29 is 9.15 Å². The van der Waals surface area contributed by atoms with E-state index in [1.807, 2.05) is 19.2 Å². The van der Waals surface area contributed by atoms with Gasteiger partial charge in [0.25, 0.3) is 0 Å². The smallest absolute Gasteiger partial charge is 0.193 e. The van der Waals surface area contributed by atoms with E-state index in [0.29, 0.717) is 13.2 Å². The van der Waals surface area contributed by atoms with Gasteiger partial charge in [0, 0.05) is 33.3 Å². The minimum atomic E-state index is 0. The number of hydrogen-bond donors (Lipinski definition) is 1. The molecule has 0 atom stereocenters. The minimum absolute atomic E-state index is 0. The molecule has 1 saturated heterocycles. The van der Waals surface area contributed by atoms with Crippen LogP contribution in [0.1, 0.15) is 30.6 Å². The molecule has 0 amide bonds. The number of halogens is 1. The second kappa shape index (κ2) is 12.6. The first-order chi connectivity index (χ1) is 13.3. The predicted molar refractivity (Wildman–Crippen MR) is 125 cm³/mol. The number of guanidine groups is 1. The van der Waals surface area contributed by atoms with E-state index in [0.717, 1.165) is 50.6 Å². The summed E-state index contributed by atoms with van der Waals surface area (Å²) in [4.78, 5) is 6.77. The molecule has 0 radical (unpaired) electrons. The number of nitrogens with zero attached hydrogens (tertiary/aromatic N) is 2. The van der Waals surface area contributed by atoms with Crippen molar-refractivity contribution in [1.82, 2.24) is 10.2 Å². The summed E-state index contributed by atoms with van der Waals surface area (Å²) in [5.74, 6) is 1.85. The minimum Gasteiger partial charge on any atom is -0.467 e. The van der Waals surface area contributed by atoms with Gasteiger partial charge in [0.15, 0.2) is 5.96 Å². The first-order valence-electron chi connectivity index (χ1n) is 9.65. The number of likely N-dealkylation sites (tertiary alicyclic amines) is 1. The third-order valence-corrected chi connectivity index (χ3v) is 4.66. The maximum Gasteiger partial charge on any atom is 0.193 e. The van der Waals surface area contributed by atoms with Gasteiger partial charge in [0.2, 0.25) is 0 Å². The summed E-state index contributed by atoms with van der Waals surface area (Å²) >= 11 is 0. The maximum atomic E-state index is 5.61. The van der Waals surface area contributed by atoms with Crippen LogP contribution >= 0.6 is 24.0 Å². The molecule has 1 aliphatic rings. The Morgan fingerprint density at radius 1 is 1.18 bits per heavy atom. The summed E-state index contributed by atoms with van der Waals surface area (Å²) in [5, 5.41) is 3.45.